The van der Waals surface area contributed by atoms with Gasteiger partial charge in [0, 0.05) is 36.8 Å². The molecule has 0 unspecified atom stereocenters. The van der Waals surface area contributed by atoms with Gasteiger partial charge in [0.25, 0.3) is 5.91 Å². The number of aromatic carboxylic acids is 1. The molecule has 1 N–H and O–H groups in total. The minimum Gasteiger partial charge on any atom is -0.478 e. The molecule has 3 rings (SSSR count). The SMILES string of the molecule is O=C(O)c1ccc(C(=O)N2CCN(C(=O)Cc3ccccc3Cl)CC2)cc1. The molecule has 2 aromatic carbocycles. The van der Waals surface area contributed by atoms with Crippen LogP contribution in [0.2, 0.25) is 5.02 Å². The molecule has 0 radical (unpaired) electrons. The van der Waals surface area contributed by atoms with E-state index >= 15 is 0 Å². The number of rotatable bonds is 4. The minimum absolute atomic E-state index is 0.0130. The van der Waals surface area contributed by atoms with Crippen LogP contribution in [0.3, 0.4) is 0 Å². The Morgan fingerprint density at radius 1 is 0.852 bits per heavy atom. The summed E-state index contributed by atoms with van der Waals surface area (Å²) in [5, 5.41) is 9.50. The first kappa shape index (κ1) is 18.9. The van der Waals surface area contributed by atoms with E-state index < -0.39 is 5.97 Å². The van der Waals surface area contributed by atoms with Gasteiger partial charge in [-0.05, 0) is 35.9 Å². The van der Waals surface area contributed by atoms with Crippen LogP contribution in [0.15, 0.2) is 48.5 Å². The number of hydrogen-bond acceptors (Lipinski definition) is 3. The number of carbonyl (C=O) groups excluding carboxylic acids is 2. The lowest BCUT2D eigenvalue weighted by molar-refractivity contribution is -0.131. The third kappa shape index (κ3) is 4.46. The summed E-state index contributed by atoms with van der Waals surface area (Å²) in [6.45, 7) is 1.80. The maximum atomic E-state index is 12.6. The van der Waals surface area contributed by atoms with E-state index in [4.69, 9.17) is 16.7 Å². The molecule has 1 heterocycles. The van der Waals surface area contributed by atoms with E-state index in [1.165, 1.54) is 24.3 Å². The Morgan fingerprint density at radius 3 is 2.00 bits per heavy atom. The zero-order valence-electron chi connectivity index (χ0n) is 14.6. The lowest BCUT2D eigenvalue weighted by Gasteiger charge is -2.35. The summed E-state index contributed by atoms with van der Waals surface area (Å²) >= 11 is 6.11. The van der Waals surface area contributed by atoms with Gasteiger partial charge in [-0.15, -0.1) is 0 Å². The van der Waals surface area contributed by atoms with E-state index in [9.17, 15) is 14.4 Å². The van der Waals surface area contributed by atoms with Gasteiger partial charge in [-0.3, -0.25) is 9.59 Å². The van der Waals surface area contributed by atoms with Crippen LogP contribution in [0.1, 0.15) is 26.3 Å². The van der Waals surface area contributed by atoms with Gasteiger partial charge in [-0.1, -0.05) is 29.8 Å². The van der Waals surface area contributed by atoms with Crippen LogP contribution in [-0.4, -0.2) is 58.9 Å². The highest BCUT2D eigenvalue weighted by Gasteiger charge is 2.25. The molecule has 7 heteroatoms. The minimum atomic E-state index is -1.03. The van der Waals surface area contributed by atoms with E-state index in [1.807, 2.05) is 18.2 Å². The van der Waals surface area contributed by atoms with Crippen molar-refractivity contribution in [3.63, 3.8) is 0 Å². The second kappa shape index (κ2) is 8.22. The molecule has 0 atom stereocenters. The Morgan fingerprint density at radius 2 is 1.41 bits per heavy atom. The van der Waals surface area contributed by atoms with Gasteiger partial charge in [0.2, 0.25) is 5.91 Å². The highest BCUT2D eigenvalue weighted by atomic mass is 35.5. The molecule has 2 amide bonds. The Kier molecular flexibility index (Phi) is 5.76. The van der Waals surface area contributed by atoms with Crippen molar-refractivity contribution in [1.29, 1.82) is 0 Å². The van der Waals surface area contributed by atoms with E-state index in [0.29, 0.717) is 36.8 Å². The number of carboxylic acid groups (broad SMARTS) is 1. The molecule has 0 bridgehead atoms. The van der Waals surface area contributed by atoms with Gasteiger partial charge >= 0.3 is 5.97 Å². The Labute approximate surface area is 162 Å². The molecule has 0 aromatic heterocycles. The zero-order valence-corrected chi connectivity index (χ0v) is 15.4. The summed E-state index contributed by atoms with van der Waals surface area (Å²) in [5.74, 6) is -1.20. The van der Waals surface area contributed by atoms with Crippen LogP contribution in [0, 0.1) is 0 Å². The normalized spacial score (nSPS) is 14.1. The average molecular weight is 387 g/mol. The van der Waals surface area contributed by atoms with Gasteiger partial charge in [0.1, 0.15) is 0 Å². The molecule has 0 aliphatic carbocycles. The van der Waals surface area contributed by atoms with Crippen molar-refractivity contribution in [3.05, 3.63) is 70.2 Å². The van der Waals surface area contributed by atoms with Crippen molar-refractivity contribution >= 4 is 29.4 Å². The molecule has 6 nitrogen and oxygen atoms in total. The highest BCUT2D eigenvalue weighted by Crippen LogP contribution is 2.17. The van der Waals surface area contributed by atoms with Gasteiger partial charge < -0.3 is 14.9 Å². The summed E-state index contributed by atoms with van der Waals surface area (Å²) < 4.78 is 0. The van der Waals surface area contributed by atoms with Crippen LogP contribution in [0.4, 0.5) is 0 Å². The van der Waals surface area contributed by atoms with Crippen LogP contribution < -0.4 is 0 Å². The summed E-state index contributed by atoms with van der Waals surface area (Å²) in [6.07, 6.45) is 0.240. The summed E-state index contributed by atoms with van der Waals surface area (Å²) in [6, 6.07) is 13.1. The van der Waals surface area contributed by atoms with Crippen molar-refractivity contribution in [3.8, 4) is 0 Å². The van der Waals surface area contributed by atoms with Crippen molar-refractivity contribution in [2.75, 3.05) is 26.2 Å². The summed E-state index contributed by atoms with van der Waals surface area (Å²) in [7, 11) is 0. The van der Waals surface area contributed by atoms with Gasteiger partial charge in [0.05, 0.1) is 12.0 Å². The average Bonchev–Trinajstić information content (AvgIpc) is 2.69. The van der Waals surface area contributed by atoms with Crippen molar-refractivity contribution < 1.29 is 19.5 Å². The number of nitrogens with zero attached hydrogens (tertiary/aromatic N) is 2. The fourth-order valence-electron chi connectivity index (χ4n) is 3.01. The summed E-state index contributed by atoms with van der Waals surface area (Å²) in [5.41, 5.74) is 1.37. The van der Waals surface area contributed by atoms with Crippen LogP contribution in [0.25, 0.3) is 0 Å². The second-order valence-corrected chi connectivity index (χ2v) is 6.73. The quantitative estimate of drug-likeness (QED) is 0.876. The molecule has 140 valence electrons. The number of halogens is 1. The van der Waals surface area contributed by atoms with Crippen molar-refractivity contribution in [2.45, 2.75) is 6.42 Å². The summed E-state index contributed by atoms with van der Waals surface area (Å²) in [4.78, 5) is 39.3. The molecule has 1 aliphatic rings. The first-order valence-corrected chi connectivity index (χ1v) is 8.97. The molecule has 2 aromatic rings. The molecule has 1 saturated heterocycles. The molecule has 27 heavy (non-hydrogen) atoms. The fraction of sp³-hybridized carbons (Fsp3) is 0.250. The number of hydrogen-bond donors (Lipinski definition) is 1. The van der Waals surface area contributed by atoms with Crippen LogP contribution in [-0.2, 0) is 11.2 Å². The molecule has 0 spiro atoms. The van der Waals surface area contributed by atoms with Crippen molar-refractivity contribution in [2.24, 2.45) is 0 Å². The number of piperazine rings is 1. The third-order valence-corrected chi connectivity index (χ3v) is 4.97. The molecule has 0 saturated carbocycles. The largest absolute Gasteiger partial charge is 0.478 e. The van der Waals surface area contributed by atoms with Gasteiger partial charge in [0.15, 0.2) is 0 Å². The maximum Gasteiger partial charge on any atom is 0.335 e. The number of carboxylic acids is 1. The van der Waals surface area contributed by atoms with E-state index in [2.05, 4.69) is 0 Å². The zero-order chi connectivity index (χ0) is 19.4. The Balaban J connectivity index is 1.56. The standard InChI is InChI=1S/C20H19ClN2O4/c21-17-4-2-1-3-16(17)13-18(24)22-9-11-23(12-10-22)19(25)14-5-7-15(8-6-14)20(26)27/h1-8H,9-13H2,(H,26,27). The number of carbonyl (C=O) groups is 3. The van der Waals surface area contributed by atoms with Crippen LogP contribution in [0.5, 0.6) is 0 Å². The fourth-order valence-corrected chi connectivity index (χ4v) is 3.22. The lowest BCUT2D eigenvalue weighted by atomic mass is 10.1. The topological polar surface area (TPSA) is 77.9 Å². The molecule has 1 aliphatic heterocycles. The first-order valence-electron chi connectivity index (χ1n) is 8.59. The molecular weight excluding hydrogens is 368 g/mol. The smallest absolute Gasteiger partial charge is 0.335 e. The highest BCUT2D eigenvalue weighted by molar-refractivity contribution is 6.31. The monoisotopic (exact) mass is 386 g/mol. The number of benzene rings is 2. The molecule has 1 fully saturated rings. The second-order valence-electron chi connectivity index (χ2n) is 6.32. The number of amides is 2. The van der Waals surface area contributed by atoms with Gasteiger partial charge in [-0.25, -0.2) is 4.79 Å². The molecular formula is C20H19ClN2O4. The Hall–Kier alpha value is -2.86. The first-order chi connectivity index (χ1) is 13.0. The van der Waals surface area contributed by atoms with Crippen molar-refractivity contribution in [1.82, 2.24) is 9.80 Å². The van der Waals surface area contributed by atoms with E-state index in [1.54, 1.807) is 15.9 Å². The predicted octanol–water partition coefficient (Wildman–Crippen LogP) is 2.57. The van der Waals surface area contributed by atoms with E-state index in [0.717, 1.165) is 5.56 Å². The van der Waals surface area contributed by atoms with E-state index in [-0.39, 0.29) is 23.8 Å². The van der Waals surface area contributed by atoms with Gasteiger partial charge in [-0.2, -0.15) is 0 Å². The maximum absolute atomic E-state index is 12.6. The van der Waals surface area contributed by atoms with Crippen LogP contribution >= 0.6 is 11.6 Å². The predicted molar refractivity (Wildman–Crippen MR) is 101 cm³/mol. The Bertz CT molecular complexity index is 859. The third-order valence-electron chi connectivity index (χ3n) is 4.60. The lowest BCUT2D eigenvalue weighted by Crippen LogP contribution is -2.51.